The molecule has 1 saturated carbocycles. The lowest BCUT2D eigenvalue weighted by molar-refractivity contribution is -0.124. The van der Waals surface area contributed by atoms with Crippen LogP contribution in [0.1, 0.15) is 52.0 Å². The molecule has 7 heteroatoms. The number of fused-ring (bicyclic) bond motifs is 1. The Labute approximate surface area is 158 Å². The summed E-state index contributed by atoms with van der Waals surface area (Å²) in [7, 11) is 0. The molecule has 2 aromatic rings. The smallest absolute Gasteiger partial charge is 0.257 e. The summed E-state index contributed by atoms with van der Waals surface area (Å²) in [6, 6.07) is 2.17. The molecule has 0 spiro atoms. The lowest BCUT2D eigenvalue weighted by atomic mass is 9.93. The number of amides is 1. The Morgan fingerprint density at radius 1 is 1.35 bits per heavy atom. The molecule has 26 heavy (non-hydrogen) atoms. The summed E-state index contributed by atoms with van der Waals surface area (Å²) in [5.41, 5.74) is 6.14. The van der Waals surface area contributed by atoms with Crippen molar-refractivity contribution in [2.45, 2.75) is 58.0 Å². The van der Waals surface area contributed by atoms with Gasteiger partial charge in [-0.1, -0.05) is 30.9 Å². The Bertz CT molecular complexity index is 809. The van der Waals surface area contributed by atoms with Gasteiger partial charge < -0.3 is 15.6 Å². The van der Waals surface area contributed by atoms with Crippen molar-refractivity contribution < 1.29 is 4.79 Å². The molecule has 1 saturated heterocycles. The highest BCUT2D eigenvalue weighted by Crippen LogP contribution is 2.25. The van der Waals surface area contributed by atoms with Gasteiger partial charge in [0.1, 0.15) is 5.15 Å². The first-order chi connectivity index (χ1) is 12.2. The number of hydrogen-bond acceptors (Lipinski definition) is 4. The summed E-state index contributed by atoms with van der Waals surface area (Å²) < 4.78 is 0. The Kier molecular flexibility index (Phi) is 6.78. The van der Waals surface area contributed by atoms with E-state index in [2.05, 4.69) is 16.9 Å². The minimum Gasteiger partial charge on any atom is -0.342 e. The molecule has 0 bridgehead atoms. The summed E-state index contributed by atoms with van der Waals surface area (Å²) in [5.74, 6) is 0. The molecule has 6 nitrogen and oxygen atoms in total. The minimum atomic E-state index is -0.548. The van der Waals surface area contributed by atoms with Gasteiger partial charge in [0.15, 0.2) is 0 Å². The molecule has 1 aliphatic carbocycles. The molecule has 3 heterocycles. The molecule has 2 fully saturated rings. The van der Waals surface area contributed by atoms with E-state index in [0.717, 1.165) is 23.9 Å². The molecular formula is C19H27ClN4O2. The van der Waals surface area contributed by atoms with E-state index >= 15 is 0 Å². The zero-order chi connectivity index (χ0) is 19.3. The first-order valence-electron chi connectivity index (χ1n) is 8.91. The van der Waals surface area contributed by atoms with E-state index < -0.39 is 5.54 Å². The predicted octanol–water partition coefficient (Wildman–Crippen LogP) is 3.18. The average Bonchev–Trinajstić information content (AvgIpc) is 3.42. The third-order valence-electron chi connectivity index (χ3n) is 4.31. The maximum atomic E-state index is 11.6. The minimum absolute atomic E-state index is 0.188. The standard InChI is InChI=1S/C11H12ClN3O.C5H9NO.C3H6/c1-11(2,13)8-5-15-10(16)7-4-14-9(12)3-6(7)8;1-5-2-3-6(5)4-7;1-2-3-1/h3-5H,13H2,1-2H3,(H,15,16);4-5H,2-3H2,1H3;1-3H2. The van der Waals surface area contributed by atoms with Crippen molar-refractivity contribution in [1.29, 1.82) is 0 Å². The number of H-pyrrole nitrogens is 1. The lowest BCUT2D eigenvalue weighted by Gasteiger charge is -2.34. The Morgan fingerprint density at radius 2 is 2.00 bits per heavy atom. The number of nitrogens with two attached hydrogens (primary N) is 1. The van der Waals surface area contributed by atoms with Crippen molar-refractivity contribution >= 4 is 28.8 Å². The normalized spacial score (nSPS) is 18.0. The summed E-state index contributed by atoms with van der Waals surface area (Å²) in [6.07, 6.45) is 9.68. The molecule has 1 atom stereocenters. The van der Waals surface area contributed by atoms with Crippen LogP contribution < -0.4 is 11.3 Å². The van der Waals surface area contributed by atoms with Gasteiger partial charge in [-0.3, -0.25) is 9.59 Å². The van der Waals surface area contributed by atoms with Crippen LogP contribution in [0.25, 0.3) is 10.8 Å². The molecule has 1 aliphatic heterocycles. The van der Waals surface area contributed by atoms with Gasteiger partial charge in [-0.2, -0.15) is 0 Å². The van der Waals surface area contributed by atoms with Crippen LogP contribution in [-0.4, -0.2) is 33.9 Å². The van der Waals surface area contributed by atoms with Gasteiger partial charge in [0.2, 0.25) is 6.41 Å². The van der Waals surface area contributed by atoms with E-state index in [4.69, 9.17) is 17.3 Å². The number of carbonyl (C=O) groups excluding carboxylic acids is 1. The number of rotatable bonds is 2. The molecule has 1 amide bonds. The van der Waals surface area contributed by atoms with Crippen LogP contribution in [0.4, 0.5) is 0 Å². The molecule has 1 unspecified atom stereocenters. The average molecular weight is 379 g/mol. The SMILES string of the molecule is C1CC1.CC(C)(N)c1c[nH]c(=O)c2cnc(Cl)cc12.CC1CCN1C=O. The Hall–Kier alpha value is -1.92. The highest BCUT2D eigenvalue weighted by molar-refractivity contribution is 6.30. The zero-order valence-corrected chi connectivity index (χ0v) is 16.3. The fraction of sp³-hybridized carbons (Fsp3) is 0.526. The third kappa shape index (κ3) is 5.54. The maximum Gasteiger partial charge on any atom is 0.257 e. The summed E-state index contributed by atoms with van der Waals surface area (Å²) in [6.45, 7) is 6.76. The summed E-state index contributed by atoms with van der Waals surface area (Å²) >= 11 is 5.83. The topological polar surface area (TPSA) is 92.1 Å². The van der Waals surface area contributed by atoms with Crippen LogP contribution in [0, 0.1) is 0 Å². The number of pyridine rings is 2. The number of nitrogens with one attached hydrogen (secondary N) is 1. The molecule has 0 aromatic carbocycles. The van der Waals surface area contributed by atoms with Crippen LogP contribution in [0.5, 0.6) is 0 Å². The van der Waals surface area contributed by atoms with E-state index in [-0.39, 0.29) is 5.56 Å². The van der Waals surface area contributed by atoms with Gasteiger partial charge >= 0.3 is 0 Å². The molecular weight excluding hydrogens is 352 g/mol. The van der Waals surface area contributed by atoms with Gasteiger partial charge in [0, 0.05) is 30.5 Å². The highest BCUT2D eigenvalue weighted by atomic mass is 35.5. The maximum absolute atomic E-state index is 11.6. The number of likely N-dealkylation sites (tertiary alicyclic amines) is 1. The van der Waals surface area contributed by atoms with E-state index in [1.165, 1.54) is 31.9 Å². The van der Waals surface area contributed by atoms with E-state index in [1.54, 1.807) is 17.2 Å². The van der Waals surface area contributed by atoms with Crippen molar-refractivity contribution in [2.24, 2.45) is 5.73 Å². The summed E-state index contributed by atoms with van der Waals surface area (Å²) in [5, 5.41) is 1.60. The van der Waals surface area contributed by atoms with Gasteiger partial charge in [-0.15, -0.1) is 0 Å². The fourth-order valence-corrected chi connectivity index (χ4v) is 2.51. The van der Waals surface area contributed by atoms with Crippen LogP contribution in [0.2, 0.25) is 5.15 Å². The van der Waals surface area contributed by atoms with E-state index in [1.807, 2.05) is 13.8 Å². The largest absolute Gasteiger partial charge is 0.342 e. The van der Waals surface area contributed by atoms with Gasteiger partial charge in [-0.05, 0) is 44.2 Å². The third-order valence-corrected chi connectivity index (χ3v) is 4.51. The zero-order valence-electron chi connectivity index (χ0n) is 15.6. The number of halogens is 1. The van der Waals surface area contributed by atoms with Crippen molar-refractivity contribution in [2.75, 3.05) is 6.54 Å². The monoisotopic (exact) mass is 378 g/mol. The van der Waals surface area contributed by atoms with Crippen LogP contribution in [0.15, 0.2) is 23.3 Å². The Balaban J connectivity index is 0.000000198. The van der Waals surface area contributed by atoms with E-state index in [0.29, 0.717) is 16.6 Å². The van der Waals surface area contributed by atoms with Crippen LogP contribution >= 0.6 is 11.6 Å². The Morgan fingerprint density at radius 3 is 2.38 bits per heavy atom. The molecule has 3 N–H and O–H groups in total. The molecule has 142 valence electrons. The van der Waals surface area contributed by atoms with Crippen molar-refractivity contribution in [3.05, 3.63) is 39.5 Å². The highest BCUT2D eigenvalue weighted by Gasteiger charge is 2.20. The van der Waals surface area contributed by atoms with Crippen LogP contribution in [-0.2, 0) is 10.3 Å². The van der Waals surface area contributed by atoms with Crippen molar-refractivity contribution in [3.8, 4) is 0 Å². The van der Waals surface area contributed by atoms with Gasteiger partial charge in [-0.25, -0.2) is 4.98 Å². The number of carbonyl (C=O) groups is 1. The van der Waals surface area contributed by atoms with Gasteiger partial charge in [0.25, 0.3) is 5.56 Å². The number of nitrogens with zero attached hydrogens (tertiary/aromatic N) is 2. The number of aromatic amines is 1. The quantitative estimate of drug-likeness (QED) is 0.620. The summed E-state index contributed by atoms with van der Waals surface area (Å²) in [4.78, 5) is 29.9. The van der Waals surface area contributed by atoms with Crippen molar-refractivity contribution in [3.63, 3.8) is 0 Å². The molecule has 2 aliphatic rings. The second-order valence-corrected chi connectivity index (χ2v) is 7.73. The van der Waals surface area contributed by atoms with Crippen molar-refractivity contribution in [1.82, 2.24) is 14.9 Å². The first kappa shape index (κ1) is 20.4. The number of aromatic nitrogens is 2. The molecule has 2 aromatic heterocycles. The van der Waals surface area contributed by atoms with E-state index in [9.17, 15) is 9.59 Å². The van der Waals surface area contributed by atoms with Crippen LogP contribution in [0.3, 0.4) is 0 Å². The predicted molar refractivity (Wildman–Crippen MR) is 105 cm³/mol. The lowest BCUT2D eigenvalue weighted by Crippen LogP contribution is -2.44. The second kappa shape index (κ2) is 8.64. The van der Waals surface area contributed by atoms with Gasteiger partial charge in [0.05, 0.1) is 5.39 Å². The molecule has 4 rings (SSSR count). The second-order valence-electron chi connectivity index (χ2n) is 7.35. The fourth-order valence-electron chi connectivity index (χ4n) is 2.35. The molecule has 0 radical (unpaired) electrons. The first-order valence-corrected chi connectivity index (χ1v) is 9.29. The number of hydrogen-bond donors (Lipinski definition) is 2.